The first-order chi connectivity index (χ1) is 16.0. The minimum atomic E-state index is -0.383. The Morgan fingerprint density at radius 2 is 1.73 bits per heavy atom. The van der Waals surface area contributed by atoms with Crippen molar-refractivity contribution in [2.45, 2.75) is 19.6 Å². The molecule has 4 rings (SSSR count). The number of hydrogen-bond donors (Lipinski definition) is 1. The van der Waals surface area contributed by atoms with E-state index in [9.17, 15) is 9.59 Å². The summed E-state index contributed by atoms with van der Waals surface area (Å²) in [4.78, 5) is 26.8. The average molecular weight is 465 g/mol. The van der Waals surface area contributed by atoms with Gasteiger partial charge in [0.2, 0.25) is 11.8 Å². The van der Waals surface area contributed by atoms with Gasteiger partial charge in [0, 0.05) is 35.8 Å². The summed E-state index contributed by atoms with van der Waals surface area (Å²) in [5, 5.41) is 3.59. The summed E-state index contributed by atoms with van der Waals surface area (Å²) in [7, 11) is 1.61. The number of anilines is 1. The molecule has 1 N–H and O–H groups in total. The molecular formula is C26H25ClN2O4. The number of benzene rings is 3. The number of amides is 2. The number of nitrogens with one attached hydrogen (secondary N) is 1. The lowest BCUT2D eigenvalue weighted by molar-refractivity contribution is -0.126. The maximum absolute atomic E-state index is 12.6. The zero-order valence-corrected chi connectivity index (χ0v) is 19.0. The summed E-state index contributed by atoms with van der Waals surface area (Å²) < 4.78 is 10.9. The van der Waals surface area contributed by atoms with Crippen molar-refractivity contribution in [3.63, 3.8) is 0 Å². The van der Waals surface area contributed by atoms with Gasteiger partial charge < -0.3 is 19.7 Å². The highest BCUT2D eigenvalue weighted by Gasteiger charge is 2.35. The normalized spacial score (nSPS) is 15.4. The molecule has 170 valence electrons. The van der Waals surface area contributed by atoms with E-state index in [-0.39, 0.29) is 24.2 Å². The van der Waals surface area contributed by atoms with Crippen molar-refractivity contribution in [2.24, 2.45) is 5.92 Å². The van der Waals surface area contributed by atoms with Crippen LogP contribution in [0.15, 0.2) is 72.8 Å². The Balaban J connectivity index is 1.30. The standard InChI is InChI=1S/C26H25ClN2O4/c1-32-22-10-6-18(7-11-22)15-28-26(31)20-14-25(30)29(16-20)21-8-12-23(13-9-21)33-17-19-4-2-3-5-24(19)27/h2-13,20H,14-17H2,1H3,(H,28,31). The fourth-order valence-electron chi connectivity index (χ4n) is 3.71. The van der Waals surface area contributed by atoms with Gasteiger partial charge in [-0.05, 0) is 48.0 Å². The van der Waals surface area contributed by atoms with Gasteiger partial charge in [0.15, 0.2) is 0 Å². The van der Waals surface area contributed by atoms with Crippen LogP contribution in [0, 0.1) is 5.92 Å². The summed E-state index contributed by atoms with van der Waals surface area (Å²) in [6.07, 6.45) is 0.194. The lowest BCUT2D eigenvalue weighted by atomic mass is 10.1. The van der Waals surface area contributed by atoms with Gasteiger partial charge in [-0.2, -0.15) is 0 Å². The number of carbonyl (C=O) groups excluding carboxylic acids is 2. The Kier molecular flexibility index (Phi) is 7.15. The lowest BCUT2D eigenvalue weighted by Crippen LogP contribution is -2.32. The smallest absolute Gasteiger partial charge is 0.227 e. The van der Waals surface area contributed by atoms with Gasteiger partial charge in [0.05, 0.1) is 13.0 Å². The Labute approximate surface area is 198 Å². The van der Waals surface area contributed by atoms with E-state index in [2.05, 4.69) is 5.32 Å². The largest absolute Gasteiger partial charge is 0.497 e. The van der Waals surface area contributed by atoms with E-state index in [1.807, 2.05) is 72.8 Å². The SMILES string of the molecule is COc1ccc(CNC(=O)C2CC(=O)N(c3ccc(OCc4ccccc4Cl)cc3)C2)cc1. The van der Waals surface area contributed by atoms with Crippen LogP contribution in [0.3, 0.4) is 0 Å². The van der Waals surface area contributed by atoms with E-state index >= 15 is 0 Å². The molecule has 0 spiro atoms. The van der Waals surface area contributed by atoms with Gasteiger partial charge in [-0.1, -0.05) is 41.9 Å². The summed E-state index contributed by atoms with van der Waals surface area (Å²) >= 11 is 6.16. The molecule has 0 aliphatic carbocycles. The van der Waals surface area contributed by atoms with Crippen LogP contribution >= 0.6 is 11.6 Å². The predicted molar refractivity (Wildman–Crippen MR) is 128 cm³/mol. The molecule has 1 aliphatic heterocycles. The van der Waals surface area contributed by atoms with Crippen molar-refractivity contribution in [3.05, 3.63) is 88.9 Å². The summed E-state index contributed by atoms with van der Waals surface area (Å²) in [5.41, 5.74) is 2.62. The quantitative estimate of drug-likeness (QED) is 0.529. The number of hydrogen-bond acceptors (Lipinski definition) is 4. The average Bonchev–Trinajstić information content (AvgIpc) is 3.24. The molecule has 3 aromatic carbocycles. The predicted octanol–water partition coefficient (Wildman–Crippen LogP) is 4.60. The monoisotopic (exact) mass is 464 g/mol. The number of rotatable bonds is 8. The molecule has 1 unspecified atom stereocenters. The van der Waals surface area contributed by atoms with Gasteiger partial charge in [-0.15, -0.1) is 0 Å². The molecule has 1 fully saturated rings. The van der Waals surface area contributed by atoms with E-state index in [0.717, 1.165) is 22.6 Å². The van der Waals surface area contributed by atoms with Crippen molar-refractivity contribution in [3.8, 4) is 11.5 Å². The lowest BCUT2D eigenvalue weighted by Gasteiger charge is -2.17. The first kappa shape index (κ1) is 22.7. The minimum absolute atomic E-state index is 0.0654. The molecule has 1 heterocycles. The van der Waals surface area contributed by atoms with Gasteiger partial charge in [-0.3, -0.25) is 9.59 Å². The molecule has 0 bridgehead atoms. The van der Waals surface area contributed by atoms with Crippen molar-refractivity contribution < 1.29 is 19.1 Å². The third kappa shape index (κ3) is 5.65. The number of nitrogens with zero attached hydrogens (tertiary/aromatic N) is 1. The van der Waals surface area contributed by atoms with Crippen molar-refractivity contribution in [2.75, 3.05) is 18.6 Å². The van der Waals surface area contributed by atoms with Crippen LogP contribution in [-0.4, -0.2) is 25.5 Å². The summed E-state index contributed by atoms with van der Waals surface area (Å²) in [5.74, 6) is 0.874. The maximum Gasteiger partial charge on any atom is 0.227 e. The van der Waals surface area contributed by atoms with Crippen molar-refractivity contribution in [1.29, 1.82) is 0 Å². The van der Waals surface area contributed by atoms with Crippen LogP contribution in [0.2, 0.25) is 5.02 Å². The highest BCUT2D eigenvalue weighted by molar-refractivity contribution is 6.31. The highest BCUT2D eigenvalue weighted by Crippen LogP contribution is 2.28. The van der Waals surface area contributed by atoms with Gasteiger partial charge in [-0.25, -0.2) is 0 Å². The molecule has 0 aromatic heterocycles. The van der Waals surface area contributed by atoms with Crippen LogP contribution in [0.5, 0.6) is 11.5 Å². The van der Waals surface area contributed by atoms with Crippen LogP contribution in [-0.2, 0) is 22.7 Å². The summed E-state index contributed by atoms with van der Waals surface area (Å²) in [6, 6.07) is 22.3. The molecule has 3 aromatic rings. The third-order valence-electron chi connectivity index (χ3n) is 5.62. The van der Waals surface area contributed by atoms with Crippen molar-refractivity contribution in [1.82, 2.24) is 5.32 Å². The fraction of sp³-hybridized carbons (Fsp3) is 0.231. The van der Waals surface area contributed by atoms with Gasteiger partial charge in [0.25, 0.3) is 0 Å². The Hall–Kier alpha value is -3.51. The third-order valence-corrected chi connectivity index (χ3v) is 5.99. The van der Waals surface area contributed by atoms with E-state index < -0.39 is 0 Å². The van der Waals surface area contributed by atoms with Crippen molar-refractivity contribution >= 4 is 29.1 Å². The van der Waals surface area contributed by atoms with Gasteiger partial charge >= 0.3 is 0 Å². The van der Waals surface area contributed by atoms with E-state index in [4.69, 9.17) is 21.1 Å². The molecule has 1 saturated heterocycles. The number of halogens is 1. The second-order valence-corrected chi connectivity index (χ2v) is 8.25. The first-order valence-electron chi connectivity index (χ1n) is 10.7. The highest BCUT2D eigenvalue weighted by atomic mass is 35.5. The van der Waals surface area contributed by atoms with Crippen LogP contribution in [0.1, 0.15) is 17.5 Å². The van der Waals surface area contributed by atoms with Crippen LogP contribution < -0.4 is 19.7 Å². The maximum atomic E-state index is 12.6. The second-order valence-electron chi connectivity index (χ2n) is 7.85. The number of ether oxygens (including phenoxy) is 2. The first-order valence-corrected chi connectivity index (χ1v) is 11.1. The van der Waals surface area contributed by atoms with Crippen LogP contribution in [0.4, 0.5) is 5.69 Å². The van der Waals surface area contributed by atoms with Gasteiger partial charge in [0.1, 0.15) is 18.1 Å². The second kappa shape index (κ2) is 10.4. The molecule has 33 heavy (non-hydrogen) atoms. The fourth-order valence-corrected chi connectivity index (χ4v) is 3.90. The molecule has 1 aliphatic rings. The van der Waals surface area contributed by atoms with Crippen LogP contribution in [0.25, 0.3) is 0 Å². The summed E-state index contributed by atoms with van der Waals surface area (Å²) in [6.45, 7) is 1.12. The molecule has 2 amide bonds. The molecule has 0 saturated carbocycles. The topological polar surface area (TPSA) is 67.9 Å². The Morgan fingerprint density at radius 3 is 2.42 bits per heavy atom. The Morgan fingerprint density at radius 1 is 1.03 bits per heavy atom. The molecule has 1 atom stereocenters. The molecular weight excluding hydrogens is 440 g/mol. The van der Waals surface area contributed by atoms with E-state index in [1.54, 1.807) is 12.0 Å². The number of carbonyl (C=O) groups is 2. The number of methoxy groups -OCH3 is 1. The van der Waals surface area contributed by atoms with E-state index in [1.165, 1.54) is 0 Å². The molecule has 7 heteroatoms. The molecule has 6 nitrogen and oxygen atoms in total. The molecule has 0 radical (unpaired) electrons. The Bertz CT molecular complexity index is 1120. The zero-order chi connectivity index (χ0) is 23.2. The van der Waals surface area contributed by atoms with E-state index in [0.29, 0.717) is 30.5 Å². The minimum Gasteiger partial charge on any atom is -0.497 e. The zero-order valence-electron chi connectivity index (χ0n) is 18.3.